The van der Waals surface area contributed by atoms with Gasteiger partial charge in [-0.3, -0.25) is 4.57 Å². The van der Waals surface area contributed by atoms with Gasteiger partial charge in [0.25, 0.3) is 0 Å². The van der Waals surface area contributed by atoms with Crippen molar-refractivity contribution in [2.45, 2.75) is 29.7 Å². The number of ether oxygens (including phenoxy) is 1. The van der Waals surface area contributed by atoms with Crippen LogP contribution in [-0.2, 0) is 29.9 Å². The van der Waals surface area contributed by atoms with Crippen LogP contribution in [0.5, 0.6) is 0 Å². The standard InChI is InChI=1S/C11H17N5O9P2S2/c1-29-11-14-8(12)5-9(15-11)16(3-13-5)10-7(18)6(17)4(24-10)2-23-27(22,28)25-26(19,20)21/h3-4,6-7,10,17-18H,2H2,1H3,(H,22,28)(H2,12,14,15)(H2,19,20,21)/t4-,6-,7?,10-,27+/m1/s1. The summed E-state index contributed by atoms with van der Waals surface area (Å²) in [5, 5.41) is 21.0. The summed E-state index contributed by atoms with van der Waals surface area (Å²) in [6.07, 6.45) is -2.24. The predicted octanol–water partition coefficient (Wildman–Crippen LogP) is -0.908. The molecule has 1 aliphatic heterocycles. The first-order valence-electron chi connectivity index (χ1n) is 7.71. The van der Waals surface area contributed by atoms with Crippen LogP contribution in [0.25, 0.3) is 11.2 Å². The summed E-state index contributed by atoms with van der Waals surface area (Å²) in [5.74, 6) is 0.126. The molecular formula is C11H17N5O9P2S2. The summed E-state index contributed by atoms with van der Waals surface area (Å²) in [5.41, 5.74) is 6.39. The van der Waals surface area contributed by atoms with Crippen molar-refractivity contribution in [3.05, 3.63) is 6.33 Å². The number of nitrogens with two attached hydrogens (primary N) is 1. The van der Waals surface area contributed by atoms with E-state index in [0.29, 0.717) is 5.16 Å². The van der Waals surface area contributed by atoms with Gasteiger partial charge in [-0.05, 0) is 18.1 Å². The van der Waals surface area contributed by atoms with Crippen LogP contribution in [0.15, 0.2) is 11.5 Å². The lowest BCUT2D eigenvalue weighted by molar-refractivity contribution is -0.0486. The number of nitrogen functional groups attached to an aromatic ring is 1. The highest BCUT2D eigenvalue weighted by Gasteiger charge is 2.45. The van der Waals surface area contributed by atoms with Gasteiger partial charge in [-0.1, -0.05) is 11.8 Å². The molecule has 0 aliphatic carbocycles. The SMILES string of the molecule is CSc1nc(N)c2ncn([C@@H]3O[C@H](CO[P@](O)(=S)OP(=O)(O)O)[C@@H](O)C3O)c2n1. The van der Waals surface area contributed by atoms with Crippen LogP contribution in [-0.4, -0.2) is 75.6 Å². The number of thioether (sulfide) groups is 1. The average molecular weight is 489 g/mol. The summed E-state index contributed by atoms with van der Waals surface area (Å²) in [4.78, 5) is 39.6. The van der Waals surface area contributed by atoms with Gasteiger partial charge in [0.15, 0.2) is 22.8 Å². The number of aliphatic hydroxyl groups is 2. The van der Waals surface area contributed by atoms with Gasteiger partial charge in [0.05, 0.1) is 12.9 Å². The Kier molecular flexibility index (Phi) is 6.66. The predicted molar refractivity (Wildman–Crippen MR) is 103 cm³/mol. The second-order valence-corrected chi connectivity index (χ2v) is 10.8. The third-order valence-electron chi connectivity index (χ3n) is 3.83. The third-order valence-corrected chi connectivity index (χ3v) is 7.45. The van der Waals surface area contributed by atoms with Crippen molar-refractivity contribution in [3.63, 3.8) is 0 Å². The van der Waals surface area contributed by atoms with Gasteiger partial charge in [-0.15, -0.1) is 0 Å². The zero-order valence-corrected chi connectivity index (χ0v) is 18.0. The number of rotatable bonds is 7. The maximum atomic E-state index is 10.8. The van der Waals surface area contributed by atoms with Gasteiger partial charge in [0.1, 0.15) is 23.8 Å². The van der Waals surface area contributed by atoms with Crippen LogP contribution in [0.2, 0.25) is 0 Å². The van der Waals surface area contributed by atoms with Crippen molar-refractivity contribution >= 4 is 55.1 Å². The topological polar surface area (TPSA) is 216 Å². The molecule has 0 radical (unpaired) electrons. The van der Waals surface area contributed by atoms with Gasteiger partial charge < -0.3 is 39.9 Å². The first kappa shape index (κ1) is 22.9. The van der Waals surface area contributed by atoms with Gasteiger partial charge >= 0.3 is 14.5 Å². The molecule has 0 bridgehead atoms. The molecule has 0 amide bonds. The number of aromatic nitrogens is 4. The van der Waals surface area contributed by atoms with Crippen molar-refractivity contribution in [3.8, 4) is 0 Å². The van der Waals surface area contributed by atoms with Crippen molar-refractivity contribution in [1.29, 1.82) is 0 Å². The molecule has 162 valence electrons. The molecule has 1 saturated heterocycles. The van der Waals surface area contributed by atoms with E-state index >= 15 is 0 Å². The smallest absolute Gasteiger partial charge is 0.387 e. The summed E-state index contributed by atoms with van der Waals surface area (Å²) in [6.45, 7) is -4.92. The van der Waals surface area contributed by atoms with E-state index in [0.717, 1.165) is 0 Å². The molecule has 0 aromatic carbocycles. The molecule has 7 N–H and O–H groups in total. The lowest BCUT2D eigenvalue weighted by atomic mass is 10.1. The lowest BCUT2D eigenvalue weighted by Gasteiger charge is -2.19. The van der Waals surface area contributed by atoms with Crippen molar-refractivity contribution in [2.75, 3.05) is 18.6 Å². The summed E-state index contributed by atoms with van der Waals surface area (Å²) >= 11 is 5.73. The fourth-order valence-electron chi connectivity index (χ4n) is 2.62. The van der Waals surface area contributed by atoms with Crippen LogP contribution >= 0.6 is 26.3 Å². The van der Waals surface area contributed by atoms with Crippen LogP contribution in [0.3, 0.4) is 0 Å². The Bertz CT molecular complexity index is 1000. The van der Waals surface area contributed by atoms with Crippen LogP contribution in [0.4, 0.5) is 5.82 Å². The van der Waals surface area contributed by atoms with Gasteiger partial charge in [-0.25, -0.2) is 23.8 Å². The van der Waals surface area contributed by atoms with E-state index in [4.69, 9.17) is 24.8 Å². The maximum Gasteiger partial charge on any atom is 0.476 e. The lowest BCUT2D eigenvalue weighted by Crippen LogP contribution is -2.33. The van der Waals surface area contributed by atoms with Crippen LogP contribution in [0, 0.1) is 0 Å². The minimum Gasteiger partial charge on any atom is -0.387 e. The fraction of sp³-hybridized carbons (Fsp3) is 0.545. The Hall–Kier alpha value is -0.740. The van der Waals surface area contributed by atoms with Crippen LogP contribution in [0.1, 0.15) is 6.23 Å². The molecule has 5 atom stereocenters. The molecule has 2 aromatic rings. The van der Waals surface area contributed by atoms with Crippen molar-refractivity contribution in [2.24, 2.45) is 0 Å². The highest BCUT2D eigenvalue weighted by Crippen LogP contribution is 2.58. The average Bonchev–Trinajstić information content (AvgIpc) is 3.13. The first-order chi connectivity index (χ1) is 13.4. The number of phosphoric acid groups is 1. The Labute approximate surface area is 172 Å². The zero-order valence-electron chi connectivity index (χ0n) is 14.5. The highest BCUT2D eigenvalue weighted by molar-refractivity contribution is 8.08. The van der Waals surface area contributed by atoms with Gasteiger partial charge in [0.2, 0.25) is 0 Å². The second-order valence-electron chi connectivity index (χ2n) is 5.80. The number of hydrogen-bond acceptors (Lipinski definition) is 12. The summed E-state index contributed by atoms with van der Waals surface area (Å²) in [7, 11) is -5.09. The van der Waals surface area contributed by atoms with Crippen LogP contribution < -0.4 is 5.73 Å². The molecule has 1 unspecified atom stereocenters. The highest BCUT2D eigenvalue weighted by atomic mass is 32.5. The summed E-state index contributed by atoms with van der Waals surface area (Å²) in [6, 6.07) is 0. The molecule has 0 saturated carbocycles. The van der Waals surface area contributed by atoms with Crippen molar-refractivity contribution in [1.82, 2.24) is 19.5 Å². The number of anilines is 1. The monoisotopic (exact) mass is 489 g/mol. The number of aliphatic hydroxyl groups excluding tert-OH is 2. The number of fused-ring (bicyclic) bond motifs is 1. The molecule has 14 nitrogen and oxygen atoms in total. The molecule has 29 heavy (non-hydrogen) atoms. The van der Waals surface area contributed by atoms with E-state index in [1.807, 2.05) is 0 Å². The minimum atomic E-state index is -5.09. The van der Waals surface area contributed by atoms with E-state index < -0.39 is 45.7 Å². The van der Waals surface area contributed by atoms with E-state index in [2.05, 4.69) is 31.1 Å². The molecule has 3 heterocycles. The van der Waals surface area contributed by atoms with Crippen molar-refractivity contribution < 1.29 is 43.0 Å². The molecule has 0 spiro atoms. The number of nitrogens with zero attached hydrogens (tertiary/aromatic N) is 4. The Morgan fingerprint density at radius 2 is 2.03 bits per heavy atom. The number of hydrogen-bond donors (Lipinski definition) is 6. The quantitative estimate of drug-likeness (QED) is 0.158. The van der Waals surface area contributed by atoms with E-state index in [9.17, 15) is 19.7 Å². The molecule has 1 aliphatic rings. The first-order valence-corrected chi connectivity index (χ1v) is 13.1. The molecule has 2 aromatic heterocycles. The Morgan fingerprint density at radius 3 is 2.66 bits per heavy atom. The van der Waals surface area contributed by atoms with E-state index in [1.165, 1.54) is 22.7 Å². The Balaban J connectivity index is 1.80. The number of imidazole rings is 1. The van der Waals surface area contributed by atoms with E-state index in [1.54, 1.807) is 6.26 Å². The van der Waals surface area contributed by atoms with E-state index in [-0.39, 0.29) is 17.0 Å². The van der Waals surface area contributed by atoms with Gasteiger partial charge in [-0.2, -0.15) is 0 Å². The normalized spacial score (nSPS) is 27.4. The second kappa shape index (κ2) is 8.42. The summed E-state index contributed by atoms with van der Waals surface area (Å²) < 4.78 is 26.6. The minimum absolute atomic E-state index is 0.126. The molecule has 3 rings (SSSR count). The Morgan fingerprint density at radius 1 is 1.34 bits per heavy atom. The molecular weight excluding hydrogens is 472 g/mol. The zero-order chi connectivity index (χ0) is 21.6. The van der Waals surface area contributed by atoms with Gasteiger partial charge in [0, 0.05) is 0 Å². The third kappa shape index (κ3) is 5.12. The molecule has 18 heteroatoms. The maximum absolute atomic E-state index is 10.8. The fourth-order valence-corrected chi connectivity index (χ4v) is 5.55. The largest absolute Gasteiger partial charge is 0.476 e. The molecule has 1 fully saturated rings.